The molecule has 1 heterocycles. The van der Waals surface area contributed by atoms with Gasteiger partial charge in [0.2, 0.25) is 0 Å². The fourth-order valence-electron chi connectivity index (χ4n) is 2.34. The minimum Gasteiger partial charge on any atom is -0.493 e. The third-order valence-corrected chi connectivity index (χ3v) is 3.75. The lowest BCUT2D eigenvalue weighted by molar-refractivity contribution is 0.290. The molecule has 21 heavy (non-hydrogen) atoms. The standard InChI is InChI=1S/C16H11BrFNO2/c17-12-6-10-4-5-20-16(10)11(7-12)9-21-15-3-1-2-14(18)13(15)8-19/h1-3,6-7H,4-5,9H2. The van der Waals surface area contributed by atoms with Gasteiger partial charge in [0.15, 0.2) is 0 Å². The molecule has 1 aliphatic rings. The molecule has 0 atom stereocenters. The van der Waals surface area contributed by atoms with Gasteiger partial charge in [-0.1, -0.05) is 22.0 Å². The first kappa shape index (κ1) is 13.9. The van der Waals surface area contributed by atoms with Crippen molar-refractivity contribution in [2.24, 2.45) is 0 Å². The van der Waals surface area contributed by atoms with Crippen molar-refractivity contribution in [1.82, 2.24) is 0 Å². The maximum absolute atomic E-state index is 13.5. The first-order valence-corrected chi connectivity index (χ1v) is 7.24. The molecule has 0 spiro atoms. The molecule has 0 bridgehead atoms. The average Bonchev–Trinajstić information content (AvgIpc) is 2.93. The van der Waals surface area contributed by atoms with Crippen molar-refractivity contribution in [3.8, 4) is 17.6 Å². The van der Waals surface area contributed by atoms with Crippen molar-refractivity contribution in [2.75, 3.05) is 6.61 Å². The van der Waals surface area contributed by atoms with Gasteiger partial charge in [0.25, 0.3) is 0 Å². The second kappa shape index (κ2) is 5.74. The summed E-state index contributed by atoms with van der Waals surface area (Å²) >= 11 is 3.46. The predicted molar refractivity (Wildman–Crippen MR) is 78.8 cm³/mol. The molecular formula is C16H11BrFNO2. The van der Waals surface area contributed by atoms with Gasteiger partial charge < -0.3 is 9.47 Å². The van der Waals surface area contributed by atoms with E-state index in [9.17, 15) is 4.39 Å². The van der Waals surface area contributed by atoms with E-state index in [1.165, 1.54) is 12.1 Å². The average molecular weight is 348 g/mol. The Labute approximate surface area is 130 Å². The van der Waals surface area contributed by atoms with Gasteiger partial charge >= 0.3 is 0 Å². The molecule has 3 rings (SSSR count). The summed E-state index contributed by atoms with van der Waals surface area (Å²) in [5.41, 5.74) is 1.93. The molecule has 0 N–H and O–H groups in total. The van der Waals surface area contributed by atoms with E-state index in [1.807, 2.05) is 18.2 Å². The van der Waals surface area contributed by atoms with Crippen molar-refractivity contribution in [3.63, 3.8) is 0 Å². The summed E-state index contributed by atoms with van der Waals surface area (Å²) in [6, 6.07) is 10.1. The monoisotopic (exact) mass is 347 g/mol. The zero-order valence-electron chi connectivity index (χ0n) is 11.0. The molecule has 5 heteroatoms. The highest BCUT2D eigenvalue weighted by Crippen LogP contribution is 2.34. The smallest absolute Gasteiger partial charge is 0.144 e. The first-order valence-electron chi connectivity index (χ1n) is 6.44. The number of nitriles is 1. The van der Waals surface area contributed by atoms with Crippen LogP contribution in [-0.2, 0) is 13.0 Å². The van der Waals surface area contributed by atoms with E-state index in [-0.39, 0.29) is 17.9 Å². The van der Waals surface area contributed by atoms with Crippen molar-refractivity contribution < 1.29 is 13.9 Å². The predicted octanol–water partition coefficient (Wildman–Crippen LogP) is 3.97. The Morgan fingerprint density at radius 2 is 2.24 bits per heavy atom. The van der Waals surface area contributed by atoms with Crippen LogP contribution >= 0.6 is 15.9 Å². The molecule has 1 aliphatic heterocycles. The van der Waals surface area contributed by atoms with Crippen LogP contribution in [0.4, 0.5) is 4.39 Å². The number of nitrogens with zero attached hydrogens (tertiary/aromatic N) is 1. The summed E-state index contributed by atoms with van der Waals surface area (Å²) in [7, 11) is 0. The number of ether oxygens (including phenoxy) is 2. The van der Waals surface area contributed by atoms with Gasteiger partial charge in [-0.15, -0.1) is 0 Å². The summed E-state index contributed by atoms with van der Waals surface area (Å²) in [6.07, 6.45) is 0.866. The number of hydrogen-bond acceptors (Lipinski definition) is 3. The van der Waals surface area contributed by atoms with Crippen LogP contribution in [0, 0.1) is 17.1 Å². The quantitative estimate of drug-likeness (QED) is 0.843. The van der Waals surface area contributed by atoms with Gasteiger partial charge in [-0.05, 0) is 29.8 Å². The molecule has 0 radical (unpaired) electrons. The summed E-state index contributed by atoms with van der Waals surface area (Å²) in [6.45, 7) is 0.877. The highest BCUT2D eigenvalue weighted by Gasteiger charge is 2.18. The van der Waals surface area contributed by atoms with Gasteiger partial charge in [-0.3, -0.25) is 0 Å². The summed E-state index contributed by atoms with van der Waals surface area (Å²) in [5, 5.41) is 8.99. The van der Waals surface area contributed by atoms with Crippen LogP contribution in [0.15, 0.2) is 34.8 Å². The van der Waals surface area contributed by atoms with E-state index in [4.69, 9.17) is 14.7 Å². The number of hydrogen-bond donors (Lipinski definition) is 0. The first-order chi connectivity index (χ1) is 10.2. The lowest BCUT2D eigenvalue weighted by atomic mass is 10.1. The number of halogens is 2. The van der Waals surface area contributed by atoms with Crippen molar-refractivity contribution >= 4 is 15.9 Å². The maximum Gasteiger partial charge on any atom is 0.144 e. The van der Waals surface area contributed by atoms with Crippen LogP contribution in [0.2, 0.25) is 0 Å². The van der Waals surface area contributed by atoms with Crippen LogP contribution in [0.5, 0.6) is 11.5 Å². The Bertz CT molecular complexity index is 740. The highest BCUT2D eigenvalue weighted by molar-refractivity contribution is 9.10. The Morgan fingerprint density at radius 1 is 1.38 bits per heavy atom. The third kappa shape index (κ3) is 2.72. The van der Waals surface area contributed by atoms with Crippen molar-refractivity contribution in [2.45, 2.75) is 13.0 Å². The second-order valence-corrected chi connectivity index (χ2v) is 5.58. The summed E-state index contributed by atoms with van der Waals surface area (Å²) in [5.74, 6) is 0.489. The molecule has 0 fully saturated rings. The SMILES string of the molecule is N#Cc1c(F)cccc1OCc1cc(Br)cc2c1OCC2. The lowest BCUT2D eigenvalue weighted by Gasteiger charge is -2.12. The van der Waals surface area contributed by atoms with E-state index >= 15 is 0 Å². The molecule has 3 nitrogen and oxygen atoms in total. The van der Waals surface area contributed by atoms with Crippen LogP contribution in [-0.4, -0.2) is 6.61 Å². The minimum absolute atomic E-state index is 0.0786. The van der Waals surface area contributed by atoms with Crippen molar-refractivity contribution in [1.29, 1.82) is 5.26 Å². The topological polar surface area (TPSA) is 42.2 Å². The van der Waals surface area contributed by atoms with Gasteiger partial charge in [0.05, 0.1) is 6.61 Å². The number of fused-ring (bicyclic) bond motifs is 1. The highest BCUT2D eigenvalue weighted by atomic mass is 79.9. The number of benzene rings is 2. The van der Waals surface area contributed by atoms with E-state index in [0.29, 0.717) is 6.61 Å². The second-order valence-electron chi connectivity index (χ2n) is 4.67. The molecule has 0 saturated heterocycles. The molecule has 0 unspecified atom stereocenters. The van der Waals surface area contributed by atoms with Gasteiger partial charge in [0.1, 0.15) is 35.6 Å². The Hall–Kier alpha value is -2.06. The normalized spacial score (nSPS) is 12.4. The van der Waals surface area contributed by atoms with E-state index < -0.39 is 5.82 Å². The number of rotatable bonds is 3. The maximum atomic E-state index is 13.5. The van der Waals surface area contributed by atoms with Gasteiger partial charge in [-0.25, -0.2) is 4.39 Å². The molecular weight excluding hydrogens is 337 g/mol. The Balaban J connectivity index is 1.87. The molecule has 0 amide bonds. The fraction of sp³-hybridized carbons (Fsp3) is 0.188. The van der Waals surface area contributed by atoms with Crippen LogP contribution in [0.1, 0.15) is 16.7 Å². The van der Waals surface area contributed by atoms with Crippen LogP contribution < -0.4 is 9.47 Å². The molecule has 106 valence electrons. The lowest BCUT2D eigenvalue weighted by Crippen LogP contribution is -2.01. The summed E-state index contributed by atoms with van der Waals surface area (Å²) < 4.78 is 25.7. The zero-order valence-corrected chi connectivity index (χ0v) is 12.6. The third-order valence-electron chi connectivity index (χ3n) is 3.30. The van der Waals surface area contributed by atoms with Gasteiger partial charge in [0, 0.05) is 16.5 Å². The van der Waals surface area contributed by atoms with Crippen LogP contribution in [0.3, 0.4) is 0 Å². The van der Waals surface area contributed by atoms with Crippen LogP contribution in [0.25, 0.3) is 0 Å². The van der Waals surface area contributed by atoms with E-state index in [0.717, 1.165) is 27.8 Å². The molecule has 0 aliphatic carbocycles. The Kier molecular flexibility index (Phi) is 3.80. The zero-order chi connectivity index (χ0) is 14.8. The Morgan fingerprint density at radius 3 is 3.05 bits per heavy atom. The fourth-order valence-corrected chi connectivity index (χ4v) is 2.89. The summed E-state index contributed by atoms with van der Waals surface area (Å²) in [4.78, 5) is 0. The van der Waals surface area contributed by atoms with E-state index in [2.05, 4.69) is 15.9 Å². The van der Waals surface area contributed by atoms with Gasteiger partial charge in [-0.2, -0.15) is 5.26 Å². The molecule has 0 aromatic heterocycles. The molecule has 2 aromatic carbocycles. The largest absolute Gasteiger partial charge is 0.493 e. The molecule has 0 saturated carbocycles. The van der Waals surface area contributed by atoms with Crippen molar-refractivity contribution in [3.05, 3.63) is 57.3 Å². The van der Waals surface area contributed by atoms with E-state index in [1.54, 1.807) is 6.07 Å². The minimum atomic E-state index is -0.578. The molecule has 2 aromatic rings.